The number of thiol groups is 1. The first-order chi connectivity index (χ1) is 25.0. The molecule has 0 aliphatic rings. The van der Waals surface area contributed by atoms with E-state index in [4.69, 9.17) is 24.5 Å². The van der Waals surface area contributed by atoms with Crippen LogP contribution in [0, 0.1) is 0 Å². The molecule has 0 saturated heterocycles. The average Bonchev–Trinajstić information content (AvgIpc) is 3.53. The van der Waals surface area contributed by atoms with Crippen molar-refractivity contribution in [3.63, 3.8) is 0 Å². The number of carbonyl (C=O) groups is 3. The second kappa shape index (κ2) is 19.7. The first-order valence-electron chi connectivity index (χ1n) is 17.7. The number of hydrogen-bond acceptors (Lipinski definition) is 10. The van der Waals surface area contributed by atoms with Crippen LogP contribution >= 0.6 is 12.6 Å². The minimum Gasteiger partial charge on any atom is -0.493 e. The van der Waals surface area contributed by atoms with Gasteiger partial charge in [0.05, 0.1) is 31.8 Å². The molecule has 0 saturated carbocycles. The van der Waals surface area contributed by atoms with Crippen molar-refractivity contribution in [1.29, 1.82) is 0 Å². The number of carbonyl (C=O) groups excluding carboxylic acids is 3. The molecule has 3 aromatic carbocycles. The van der Waals surface area contributed by atoms with Crippen LogP contribution < -0.4 is 30.6 Å². The Morgan fingerprint density at radius 3 is 2.27 bits per heavy atom. The van der Waals surface area contributed by atoms with Crippen LogP contribution in [0.4, 0.5) is 5.82 Å². The Morgan fingerprint density at radius 1 is 0.885 bits per heavy atom. The van der Waals surface area contributed by atoms with Gasteiger partial charge in [-0.15, -0.1) is 0 Å². The monoisotopic (exact) mass is 733 g/mol. The quantitative estimate of drug-likeness (QED) is 0.0628. The lowest BCUT2D eigenvalue weighted by atomic mass is 10.0. The van der Waals surface area contributed by atoms with Crippen molar-refractivity contribution in [1.82, 2.24) is 15.4 Å². The molecule has 0 fully saturated rings. The summed E-state index contributed by atoms with van der Waals surface area (Å²) in [7, 11) is 1.56. The summed E-state index contributed by atoms with van der Waals surface area (Å²) >= 11 is 4.19. The summed E-state index contributed by atoms with van der Waals surface area (Å²) in [6, 6.07) is 18.4. The van der Waals surface area contributed by atoms with Crippen molar-refractivity contribution in [3.8, 4) is 17.2 Å². The number of hydrogen-bond donors (Lipinski definition) is 4. The fraction of sp³-hybridized carbons (Fsp3) is 0.436. The van der Waals surface area contributed by atoms with Crippen molar-refractivity contribution in [2.45, 2.75) is 84.0 Å². The van der Waals surface area contributed by atoms with Crippen LogP contribution in [0.3, 0.4) is 0 Å². The van der Waals surface area contributed by atoms with E-state index in [1.165, 1.54) is 0 Å². The molecule has 4 N–H and O–H groups in total. The highest BCUT2D eigenvalue weighted by Gasteiger charge is 2.26. The van der Waals surface area contributed by atoms with Crippen LogP contribution in [-0.2, 0) is 16.0 Å². The third kappa shape index (κ3) is 11.1. The summed E-state index contributed by atoms with van der Waals surface area (Å²) in [5, 5.41) is 10.3. The topological polar surface area (TPSA) is 158 Å². The Bertz CT molecular complexity index is 1760. The van der Waals surface area contributed by atoms with E-state index in [-0.39, 0.29) is 30.2 Å². The number of aromatic nitrogens is 1. The molecule has 4 rings (SSSR count). The molecule has 0 radical (unpaired) electrons. The summed E-state index contributed by atoms with van der Waals surface area (Å²) < 4.78 is 22.9. The highest BCUT2D eigenvalue weighted by Crippen LogP contribution is 2.30. The zero-order valence-corrected chi connectivity index (χ0v) is 31.5. The zero-order chi connectivity index (χ0) is 37.6. The lowest BCUT2D eigenvalue weighted by molar-refractivity contribution is -0.127. The molecule has 3 amide bonds. The van der Waals surface area contributed by atoms with Crippen LogP contribution in [-0.4, -0.2) is 78.0 Å². The predicted molar refractivity (Wildman–Crippen MR) is 205 cm³/mol. The van der Waals surface area contributed by atoms with Crippen LogP contribution in [0.5, 0.6) is 17.2 Å². The number of benzene rings is 3. The maximum atomic E-state index is 13.4. The minimum atomic E-state index is -0.884. The molecule has 0 spiro atoms. The van der Waals surface area contributed by atoms with Crippen LogP contribution in [0.15, 0.2) is 71.3 Å². The molecule has 1 heterocycles. The number of fused-ring (bicyclic) bond motifs is 1. The van der Waals surface area contributed by atoms with Gasteiger partial charge in [-0.3, -0.25) is 14.4 Å². The fourth-order valence-corrected chi connectivity index (χ4v) is 5.97. The first kappa shape index (κ1) is 40.0. The van der Waals surface area contributed by atoms with Crippen molar-refractivity contribution in [2.24, 2.45) is 5.73 Å². The molecule has 13 heteroatoms. The van der Waals surface area contributed by atoms with Crippen LogP contribution in [0.25, 0.3) is 11.0 Å². The highest BCUT2D eigenvalue weighted by molar-refractivity contribution is 7.80. The van der Waals surface area contributed by atoms with E-state index in [1.54, 1.807) is 43.5 Å². The van der Waals surface area contributed by atoms with Crippen LogP contribution in [0.2, 0.25) is 0 Å². The highest BCUT2D eigenvalue weighted by atomic mass is 32.1. The van der Waals surface area contributed by atoms with Gasteiger partial charge in [-0.2, -0.15) is 12.6 Å². The normalized spacial score (nSPS) is 12.4. The molecule has 280 valence electrons. The van der Waals surface area contributed by atoms with Gasteiger partial charge in [0, 0.05) is 30.1 Å². The first-order valence-corrected chi connectivity index (χ1v) is 18.3. The molecule has 1 aromatic heterocycles. The Labute approximate surface area is 311 Å². The predicted octanol–water partition coefficient (Wildman–Crippen LogP) is 6.04. The maximum absolute atomic E-state index is 13.4. The maximum Gasteiger partial charge on any atom is 0.254 e. The number of nitrogens with zero attached hydrogens (tertiary/aromatic N) is 2. The Morgan fingerprint density at radius 2 is 1.60 bits per heavy atom. The number of amides is 3. The van der Waals surface area contributed by atoms with Gasteiger partial charge in [0.1, 0.15) is 11.8 Å². The summed E-state index contributed by atoms with van der Waals surface area (Å²) in [5.74, 6) is 1.62. The molecule has 4 aromatic rings. The number of anilines is 1. The average molecular weight is 734 g/mol. The van der Waals surface area contributed by atoms with E-state index in [9.17, 15) is 14.4 Å². The van der Waals surface area contributed by atoms with Crippen molar-refractivity contribution in [2.75, 3.05) is 31.4 Å². The van der Waals surface area contributed by atoms with E-state index in [0.29, 0.717) is 65.6 Å². The lowest BCUT2D eigenvalue weighted by Gasteiger charge is -2.31. The largest absolute Gasteiger partial charge is 0.493 e. The molecule has 12 nitrogen and oxygen atoms in total. The molecular weight excluding hydrogens is 683 g/mol. The summed E-state index contributed by atoms with van der Waals surface area (Å²) in [4.78, 5) is 41.2. The molecule has 0 aliphatic heterocycles. The molecule has 0 bridgehead atoms. The summed E-state index contributed by atoms with van der Waals surface area (Å²) in [6.07, 6.45) is 2.86. The van der Waals surface area contributed by atoms with E-state index in [0.717, 1.165) is 18.4 Å². The van der Waals surface area contributed by atoms with Crippen LogP contribution in [0.1, 0.15) is 69.3 Å². The second-order valence-corrected chi connectivity index (χ2v) is 13.5. The zero-order valence-electron chi connectivity index (χ0n) is 30.6. The van der Waals surface area contributed by atoms with Gasteiger partial charge in [0.2, 0.25) is 11.8 Å². The van der Waals surface area contributed by atoms with Gasteiger partial charge in [-0.25, -0.2) is 0 Å². The van der Waals surface area contributed by atoms with Crippen molar-refractivity contribution < 1.29 is 33.1 Å². The summed E-state index contributed by atoms with van der Waals surface area (Å²) in [5.41, 5.74) is 7.93. The van der Waals surface area contributed by atoms with E-state index >= 15 is 0 Å². The Kier molecular flexibility index (Phi) is 15.2. The van der Waals surface area contributed by atoms with Crippen molar-refractivity contribution in [3.05, 3.63) is 77.9 Å². The van der Waals surface area contributed by atoms with Gasteiger partial charge in [-0.1, -0.05) is 35.5 Å². The van der Waals surface area contributed by atoms with Gasteiger partial charge < -0.3 is 40.0 Å². The van der Waals surface area contributed by atoms with Gasteiger partial charge >= 0.3 is 0 Å². The third-order valence-electron chi connectivity index (χ3n) is 8.43. The molecule has 52 heavy (non-hydrogen) atoms. The van der Waals surface area contributed by atoms with E-state index < -0.39 is 23.9 Å². The Balaban J connectivity index is 1.29. The molecule has 2 atom stereocenters. The third-order valence-corrected chi connectivity index (χ3v) is 8.75. The summed E-state index contributed by atoms with van der Waals surface area (Å²) in [6.45, 7) is 8.88. The lowest BCUT2D eigenvalue weighted by Crippen LogP contribution is -2.51. The van der Waals surface area contributed by atoms with E-state index in [1.807, 2.05) is 62.9 Å². The fourth-order valence-electron chi connectivity index (χ4n) is 5.79. The van der Waals surface area contributed by atoms with Gasteiger partial charge in [-0.05, 0) is 95.0 Å². The number of unbranched alkanes of at least 4 members (excludes halogenated alkanes) is 1. The molecule has 0 aliphatic carbocycles. The smallest absolute Gasteiger partial charge is 0.254 e. The van der Waals surface area contributed by atoms with Crippen molar-refractivity contribution >= 4 is 47.1 Å². The van der Waals surface area contributed by atoms with Gasteiger partial charge in [0.25, 0.3) is 5.91 Å². The molecule has 2 unspecified atom stereocenters. The standard InChI is InChI=1S/C39H51N5O7S/c1-25(2)44(26(3)4)39(47)28-15-18-33(35(23-28)48-5)50-20-10-9-19-49-29-16-17-30-34(24-29)51-43-36(30)42-38(46)32(22-27-12-7-6-8-13-27)41-37(45)31(40)14-11-21-52/h6-8,12-13,15-18,23-26,31-32,52H,9-11,14,19-22,40H2,1-5H3,(H,41,45)(H,42,43,46). The van der Waals surface area contributed by atoms with Gasteiger partial charge in [0.15, 0.2) is 22.9 Å². The second-order valence-electron chi connectivity index (χ2n) is 13.1. The number of nitrogens with two attached hydrogens (primary N) is 1. The number of nitrogens with one attached hydrogen (secondary N) is 2. The number of rotatable bonds is 20. The molecular formula is C39H51N5O7S. The SMILES string of the molecule is COc1cc(C(=O)N(C(C)C)C(C)C)ccc1OCCCCOc1ccc2c(NC(=O)C(Cc3ccccc3)NC(=O)C(N)CCCS)noc2c1. The number of ether oxygens (including phenoxy) is 3. The Hall–Kier alpha value is -4.75. The minimum absolute atomic E-state index is 0.0499. The number of methoxy groups -OCH3 is 1. The van der Waals surface area contributed by atoms with E-state index in [2.05, 4.69) is 28.4 Å².